The van der Waals surface area contributed by atoms with Crippen LogP contribution in [0.5, 0.6) is 0 Å². The lowest BCUT2D eigenvalue weighted by Gasteiger charge is -2.07. The Balaban J connectivity index is 1.84. The van der Waals surface area contributed by atoms with E-state index in [1.807, 2.05) is 35.0 Å². The normalized spacial score (nSPS) is 10.7. The van der Waals surface area contributed by atoms with Crippen LogP contribution in [0, 0.1) is 0 Å². The van der Waals surface area contributed by atoms with E-state index in [2.05, 4.69) is 5.32 Å². The second-order valence-corrected chi connectivity index (χ2v) is 5.98. The zero-order valence-electron chi connectivity index (χ0n) is 11.2. The number of hydrogen-bond acceptors (Lipinski definition) is 3. The van der Waals surface area contributed by atoms with E-state index in [0.29, 0.717) is 17.3 Å². The summed E-state index contributed by atoms with van der Waals surface area (Å²) >= 11 is 7.24. The highest BCUT2D eigenvalue weighted by Gasteiger charge is 2.06. The van der Waals surface area contributed by atoms with Crippen molar-refractivity contribution in [3.8, 4) is 0 Å². The Hall–Kier alpha value is -1.66. The van der Waals surface area contributed by atoms with Gasteiger partial charge in [0, 0.05) is 29.0 Å². The quantitative estimate of drug-likeness (QED) is 0.765. The molecule has 0 aliphatic carbocycles. The van der Waals surface area contributed by atoms with Gasteiger partial charge < -0.3 is 15.0 Å². The van der Waals surface area contributed by atoms with Gasteiger partial charge in [-0.1, -0.05) is 17.7 Å². The molecule has 1 aromatic carbocycles. The molecule has 2 rings (SSSR count). The summed E-state index contributed by atoms with van der Waals surface area (Å²) in [5.74, 6) is -0.321. The van der Waals surface area contributed by atoms with Crippen LogP contribution in [-0.2, 0) is 16.1 Å². The number of thioether (sulfide) groups is 1. The zero-order valence-corrected chi connectivity index (χ0v) is 12.8. The van der Waals surface area contributed by atoms with Gasteiger partial charge in [0.1, 0.15) is 6.54 Å². The van der Waals surface area contributed by atoms with Crippen LogP contribution >= 0.6 is 23.4 Å². The van der Waals surface area contributed by atoms with Gasteiger partial charge in [-0.2, -0.15) is 0 Å². The van der Waals surface area contributed by atoms with Crippen molar-refractivity contribution in [2.45, 2.75) is 6.54 Å². The summed E-state index contributed by atoms with van der Waals surface area (Å²) < 4.78 is 1.83. The first-order valence-corrected chi connectivity index (χ1v) is 7.90. The van der Waals surface area contributed by atoms with E-state index in [-0.39, 0.29) is 18.2 Å². The van der Waals surface area contributed by atoms with Gasteiger partial charge in [-0.25, -0.2) is 0 Å². The predicted molar refractivity (Wildman–Crippen MR) is 84.9 cm³/mol. The van der Waals surface area contributed by atoms with Crippen molar-refractivity contribution >= 4 is 46.1 Å². The van der Waals surface area contributed by atoms with Crippen molar-refractivity contribution in [2.24, 2.45) is 0 Å². The Labute approximate surface area is 131 Å². The molecule has 0 fully saturated rings. The van der Waals surface area contributed by atoms with Crippen molar-refractivity contribution in [1.82, 2.24) is 9.88 Å². The number of aromatic nitrogens is 1. The fraction of sp³-hybridized carbons (Fsp3) is 0.286. The number of carbonyl (C=O) groups is 2. The summed E-state index contributed by atoms with van der Waals surface area (Å²) in [7, 11) is 0. The van der Waals surface area contributed by atoms with Crippen LogP contribution in [0.25, 0.3) is 10.9 Å². The molecule has 1 aromatic heterocycles. The van der Waals surface area contributed by atoms with E-state index in [1.165, 1.54) is 11.8 Å². The number of halogens is 1. The van der Waals surface area contributed by atoms with Gasteiger partial charge in [0.25, 0.3) is 0 Å². The maximum absolute atomic E-state index is 11.8. The molecule has 0 aliphatic rings. The summed E-state index contributed by atoms with van der Waals surface area (Å²) in [5.41, 5.74) is 0.915. The fourth-order valence-corrected chi connectivity index (χ4v) is 2.66. The Kier molecular flexibility index (Phi) is 5.52. The van der Waals surface area contributed by atoms with Crippen LogP contribution in [0.15, 0.2) is 30.5 Å². The van der Waals surface area contributed by atoms with Crippen LogP contribution in [-0.4, -0.2) is 39.6 Å². The molecule has 0 saturated heterocycles. The standard InChI is InChI=1S/C14H15ClN2O3S/c15-11-2-1-10-3-5-17(12(10)7-11)8-13(18)16-4-6-21-9-14(19)20/h1-3,5,7H,4,6,8-9H2,(H,16,18)(H,19,20). The second kappa shape index (κ2) is 7.38. The smallest absolute Gasteiger partial charge is 0.313 e. The van der Waals surface area contributed by atoms with Crippen molar-refractivity contribution in [3.63, 3.8) is 0 Å². The lowest BCUT2D eigenvalue weighted by atomic mass is 10.2. The van der Waals surface area contributed by atoms with Crippen molar-refractivity contribution in [3.05, 3.63) is 35.5 Å². The van der Waals surface area contributed by atoms with E-state index in [1.54, 1.807) is 0 Å². The number of fused-ring (bicyclic) bond motifs is 1. The lowest BCUT2D eigenvalue weighted by Crippen LogP contribution is -2.29. The van der Waals surface area contributed by atoms with Gasteiger partial charge in [-0.3, -0.25) is 9.59 Å². The molecular weight excluding hydrogens is 312 g/mol. The minimum atomic E-state index is -0.845. The number of rotatable bonds is 7. The number of benzene rings is 1. The van der Waals surface area contributed by atoms with Crippen LogP contribution in [0.2, 0.25) is 5.02 Å². The molecule has 0 aliphatic heterocycles. The van der Waals surface area contributed by atoms with Crippen molar-refractivity contribution in [1.29, 1.82) is 0 Å². The third kappa shape index (κ3) is 4.68. The highest BCUT2D eigenvalue weighted by molar-refractivity contribution is 7.99. The van der Waals surface area contributed by atoms with Gasteiger partial charge in [-0.15, -0.1) is 11.8 Å². The highest BCUT2D eigenvalue weighted by atomic mass is 35.5. The maximum Gasteiger partial charge on any atom is 0.313 e. The minimum absolute atomic E-state index is 0.0522. The van der Waals surface area contributed by atoms with Crippen LogP contribution in [0.1, 0.15) is 0 Å². The third-order valence-electron chi connectivity index (χ3n) is 2.84. The molecule has 2 N–H and O–H groups in total. The van der Waals surface area contributed by atoms with Crippen LogP contribution < -0.4 is 5.32 Å². The summed E-state index contributed by atoms with van der Waals surface area (Å²) in [4.78, 5) is 22.2. The first kappa shape index (κ1) is 15.7. The molecule has 2 aromatic rings. The molecule has 0 spiro atoms. The Morgan fingerprint density at radius 2 is 2.14 bits per heavy atom. The van der Waals surface area contributed by atoms with E-state index in [0.717, 1.165) is 10.9 Å². The van der Waals surface area contributed by atoms with Gasteiger partial charge >= 0.3 is 5.97 Å². The summed E-state index contributed by atoms with van der Waals surface area (Å²) in [6, 6.07) is 7.48. The minimum Gasteiger partial charge on any atom is -0.481 e. The SMILES string of the molecule is O=C(O)CSCCNC(=O)Cn1ccc2ccc(Cl)cc21. The number of nitrogens with one attached hydrogen (secondary N) is 1. The molecule has 1 heterocycles. The average molecular weight is 327 g/mol. The van der Waals surface area contributed by atoms with E-state index < -0.39 is 5.97 Å². The van der Waals surface area contributed by atoms with Crippen molar-refractivity contribution < 1.29 is 14.7 Å². The molecule has 0 atom stereocenters. The van der Waals surface area contributed by atoms with Gasteiger partial charge in [0.05, 0.1) is 5.75 Å². The monoisotopic (exact) mass is 326 g/mol. The molecule has 0 saturated carbocycles. The van der Waals surface area contributed by atoms with E-state index in [4.69, 9.17) is 16.7 Å². The van der Waals surface area contributed by atoms with Gasteiger partial charge in [0.15, 0.2) is 0 Å². The zero-order chi connectivity index (χ0) is 15.2. The molecule has 0 radical (unpaired) electrons. The largest absolute Gasteiger partial charge is 0.481 e. The fourth-order valence-electron chi connectivity index (χ4n) is 1.93. The van der Waals surface area contributed by atoms with E-state index >= 15 is 0 Å². The molecule has 7 heteroatoms. The first-order valence-electron chi connectivity index (χ1n) is 6.37. The van der Waals surface area contributed by atoms with Crippen LogP contribution in [0.3, 0.4) is 0 Å². The topological polar surface area (TPSA) is 71.3 Å². The number of aliphatic carboxylic acids is 1. The summed E-state index contributed by atoms with van der Waals surface area (Å²) in [6.45, 7) is 0.671. The van der Waals surface area contributed by atoms with Crippen molar-refractivity contribution in [2.75, 3.05) is 18.1 Å². The Morgan fingerprint density at radius 3 is 2.90 bits per heavy atom. The average Bonchev–Trinajstić information content (AvgIpc) is 2.80. The molecule has 5 nitrogen and oxygen atoms in total. The maximum atomic E-state index is 11.8. The highest BCUT2D eigenvalue weighted by Crippen LogP contribution is 2.20. The Bertz CT molecular complexity index is 657. The Morgan fingerprint density at radius 1 is 1.33 bits per heavy atom. The molecule has 1 amide bonds. The first-order chi connectivity index (χ1) is 10.1. The summed E-state index contributed by atoms with van der Waals surface area (Å²) in [6.07, 6.45) is 1.85. The predicted octanol–water partition coefficient (Wildman–Crippen LogP) is 2.23. The van der Waals surface area contributed by atoms with Crippen LogP contribution in [0.4, 0.5) is 0 Å². The third-order valence-corrected chi connectivity index (χ3v) is 4.02. The number of hydrogen-bond donors (Lipinski definition) is 2. The molecule has 21 heavy (non-hydrogen) atoms. The number of carbonyl (C=O) groups excluding carboxylic acids is 1. The van der Waals surface area contributed by atoms with E-state index in [9.17, 15) is 9.59 Å². The molecule has 0 unspecified atom stereocenters. The number of amides is 1. The summed E-state index contributed by atoms with van der Waals surface area (Å²) in [5, 5.41) is 12.9. The molecule has 112 valence electrons. The lowest BCUT2D eigenvalue weighted by molar-refractivity contribution is -0.133. The molecule has 0 bridgehead atoms. The van der Waals surface area contributed by atoms with Gasteiger partial charge in [0.2, 0.25) is 5.91 Å². The van der Waals surface area contributed by atoms with Gasteiger partial charge in [-0.05, 0) is 23.6 Å². The number of nitrogens with zero attached hydrogens (tertiary/aromatic N) is 1. The molecular formula is C14H15ClN2O3S. The second-order valence-electron chi connectivity index (χ2n) is 4.44. The number of carboxylic acid groups (broad SMARTS) is 1. The number of carboxylic acids is 1.